The largest absolute Gasteiger partial charge is 0.444 e. The zero-order valence-corrected chi connectivity index (χ0v) is 18.1. The van der Waals surface area contributed by atoms with E-state index in [-0.39, 0.29) is 29.2 Å². The van der Waals surface area contributed by atoms with Crippen molar-refractivity contribution in [3.8, 4) is 0 Å². The van der Waals surface area contributed by atoms with Crippen molar-refractivity contribution in [3.05, 3.63) is 34.2 Å². The van der Waals surface area contributed by atoms with Crippen molar-refractivity contribution in [1.82, 2.24) is 14.8 Å². The third-order valence-electron chi connectivity index (χ3n) is 5.49. The number of fused-ring (bicyclic) bond motifs is 4. The van der Waals surface area contributed by atoms with Crippen LogP contribution >= 0.6 is 0 Å². The van der Waals surface area contributed by atoms with Crippen LogP contribution in [0.1, 0.15) is 59.1 Å². The Morgan fingerprint density at radius 2 is 1.93 bits per heavy atom. The molecule has 2 amide bonds. The van der Waals surface area contributed by atoms with E-state index in [1.54, 1.807) is 32.9 Å². The summed E-state index contributed by atoms with van der Waals surface area (Å²) >= 11 is 0. The molecule has 2 bridgehead atoms. The normalized spacial score (nSPS) is 22.1. The molecule has 0 radical (unpaired) electrons. The van der Waals surface area contributed by atoms with Gasteiger partial charge in [0.15, 0.2) is 0 Å². The standard InChI is InChI=1S/C22H33N3O4/c1-14(2)9-17(23-21(28)29-22(3,4)5)20(27)24-11-15-10-16(13-24)18-7-6-8-19(26)25(18)12-15/h6-8,14-17H,9-13H2,1-5H3,(H,23,28)/t15-,16+,17-/m0/s1. The first-order chi connectivity index (χ1) is 13.5. The minimum absolute atomic E-state index is 0.0289. The second-order valence-electron chi connectivity index (χ2n) is 9.77. The number of ether oxygens (including phenoxy) is 1. The van der Waals surface area contributed by atoms with E-state index in [9.17, 15) is 14.4 Å². The SMILES string of the molecule is CC(C)C[C@H](NC(=O)OC(C)(C)C)C(=O)N1C[C@@H]2C[C@H](C1)c1cccc(=O)n1C2. The molecule has 0 aromatic carbocycles. The number of rotatable bonds is 4. The number of pyridine rings is 1. The lowest BCUT2D eigenvalue weighted by molar-refractivity contribution is -0.136. The van der Waals surface area contributed by atoms with E-state index in [4.69, 9.17) is 4.74 Å². The Balaban J connectivity index is 1.75. The first-order valence-corrected chi connectivity index (χ1v) is 10.5. The Bertz CT molecular complexity index is 824. The number of carbonyl (C=O) groups excluding carboxylic acids is 2. The summed E-state index contributed by atoms with van der Waals surface area (Å²) in [6, 6.07) is 4.76. The molecule has 0 saturated carbocycles. The second kappa shape index (κ2) is 8.20. The minimum Gasteiger partial charge on any atom is -0.444 e. The van der Waals surface area contributed by atoms with Gasteiger partial charge in [-0.15, -0.1) is 0 Å². The zero-order valence-electron chi connectivity index (χ0n) is 18.1. The molecule has 3 heterocycles. The molecule has 0 spiro atoms. The summed E-state index contributed by atoms with van der Waals surface area (Å²) in [5.41, 5.74) is 0.419. The number of amides is 2. The molecule has 1 N–H and O–H groups in total. The molecule has 0 aliphatic carbocycles. The smallest absolute Gasteiger partial charge is 0.408 e. The molecule has 1 saturated heterocycles. The van der Waals surface area contributed by atoms with Gasteiger partial charge < -0.3 is 19.5 Å². The van der Waals surface area contributed by atoms with Crippen molar-refractivity contribution in [2.75, 3.05) is 13.1 Å². The third-order valence-corrected chi connectivity index (χ3v) is 5.49. The predicted octanol–water partition coefficient (Wildman–Crippen LogP) is 2.73. The molecule has 0 unspecified atom stereocenters. The molecule has 1 fully saturated rings. The average Bonchev–Trinajstić information content (AvgIpc) is 2.59. The van der Waals surface area contributed by atoms with Crippen LogP contribution in [0.5, 0.6) is 0 Å². The molecule has 1 aromatic rings. The van der Waals surface area contributed by atoms with Crippen molar-refractivity contribution in [2.24, 2.45) is 11.8 Å². The van der Waals surface area contributed by atoms with Gasteiger partial charge in [-0.2, -0.15) is 0 Å². The maximum absolute atomic E-state index is 13.3. The van der Waals surface area contributed by atoms with Crippen LogP contribution in [0.15, 0.2) is 23.0 Å². The van der Waals surface area contributed by atoms with Crippen LogP contribution in [0.3, 0.4) is 0 Å². The summed E-state index contributed by atoms with van der Waals surface area (Å²) in [6.07, 6.45) is 0.979. The summed E-state index contributed by atoms with van der Waals surface area (Å²) in [5.74, 6) is 0.599. The van der Waals surface area contributed by atoms with Crippen LogP contribution in [0.4, 0.5) is 4.79 Å². The minimum atomic E-state index is -0.616. The molecule has 3 atom stereocenters. The summed E-state index contributed by atoms with van der Waals surface area (Å²) in [5, 5.41) is 2.79. The zero-order chi connectivity index (χ0) is 21.3. The fourth-order valence-electron chi connectivity index (χ4n) is 4.44. The van der Waals surface area contributed by atoms with E-state index in [0.717, 1.165) is 12.1 Å². The van der Waals surface area contributed by atoms with E-state index >= 15 is 0 Å². The lowest BCUT2D eigenvalue weighted by Crippen LogP contribution is -2.55. The molecule has 29 heavy (non-hydrogen) atoms. The van der Waals surface area contributed by atoms with Gasteiger partial charge in [-0.25, -0.2) is 4.79 Å². The van der Waals surface area contributed by atoms with Gasteiger partial charge in [0, 0.05) is 37.3 Å². The lowest BCUT2D eigenvalue weighted by atomic mass is 9.82. The van der Waals surface area contributed by atoms with Crippen LogP contribution in [0.25, 0.3) is 0 Å². The molecular weight excluding hydrogens is 370 g/mol. The van der Waals surface area contributed by atoms with Crippen molar-refractivity contribution in [2.45, 2.75) is 71.6 Å². The van der Waals surface area contributed by atoms with Crippen molar-refractivity contribution < 1.29 is 14.3 Å². The van der Waals surface area contributed by atoms with Gasteiger partial charge in [-0.05, 0) is 51.5 Å². The molecule has 1 aromatic heterocycles. The number of aromatic nitrogens is 1. The number of carbonyl (C=O) groups is 2. The number of hydrogen-bond donors (Lipinski definition) is 1. The predicted molar refractivity (Wildman–Crippen MR) is 111 cm³/mol. The first-order valence-electron chi connectivity index (χ1n) is 10.5. The van der Waals surface area contributed by atoms with Crippen LogP contribution in [-0.4, -0.2) is 46.2 Å². The Morgan fingerprint density at radius 1 is 1.21 bits per heavy atom. The van der Waals surface area contributed by atoms with Crippen LogP contribution in [0.2, 0.25) is 0 Å². The highest BCUT2D eigenvalue weighted by Crippen LogP contribution is 2.35. The van der Waals surface area contributed by atoms with E-state index < -0.39 is 17.7 Å². The maximum Gasteiger partial charge on any atom is 0.408 e. The van der Waals surface area contributed by atoms with Crippen LogP contribution in [-0.2, 0) is 16.1 Å². The van der Waals surface area contributed by atoms with Gasteiger partial charge in [-0.1, -0.05) is 19.9 Å². The Kier molecular flexibility index (Phi) is 6.05. The van der Waals surface area contributed by atoms with Gasteiger partial charge in [0.25, 0.3) is 5.56 Å². The highest BCUT2D eigenvalue weighted by molar-refractivity contribution is 5.86. The van der Waals surface area contributed by atoms with Crippen molar-refractivity contribution in [1.29, 1.82) is 0 Å². The quantitative estimate of drug-likeness (QED) is 0.838. The topological polar surface area (TPSA) is 80.6 Å². The van der Waals surface area contributed by atoms with Gasteiger partial charge in [0.2, 0.25) is 5.91 Å². The highest BCUT2D eigenvalue weighted by Gasteiger charge is 2.38. The molecule has 7 nitrogen and oxygen atoms in total. The summed E-state index contributed by atoms with van der Waals surface area (Å²) in [4.78, 5) is 39.7. The van der Waals surface area contributed by atoms with Crippen LogP contribution < -0.4 is 10.9 Å². The molecular formula is C22H33N3O4. The Morgan fingerprint density at radius 3 is 2.59 bits per heavy atom. The Hall–Kier alpha value is -2.31. The molecule has 160 valence electrons. The average molecular weight is 404 g/mol. The maximum atomic E-state index is 13.3. The van der Waals surface area contributed by atoms with Gasteiger partial charge in [0.05, 0.1) is 0 Å². The number of piperidine rings is 1. The molecule has 3 rings (SSSR count). The fourth-order valence-corrected chi connectivity index (χ4v) is 4.44. The van der Waals surface area contributed by atoms with Crippen molar-refractivity contribution >= 4 is 12.0 Å². The number of nitrogens with zero attached hydrogens (tertiary/aromatic N) is 2. The van der Waals surface area contributed by atoms with Crippen molar-refractivity contribution in [3.63, 3.8) is 0 Å². The number of hydrogen-bond acceptors (Lipinski definition) is 4. The lowest BCUT2D eigenvalue weighted by Gasteiger charge is -2.43. The highest BCUT2D eigenvalue weighted by atomic mass is 16.6. The van der Waals surface area contributed by atoms with Gasteiger partial charge in [-0.3, -0.25) is 9.59 Å². The van der Waals surface area contributed by atoms with E-state index in [0.29, 0.717) is 26.1 Å². The van der Waals surface area contributed by atoms with Crippen LogP contribution in [0, 0.1) is 11.8 Å². The van der Waals surface area contributed by atoms with E-state index in [1.165, 1.54) is 0 Å². The van der Waals surface area contributed by atoms with Gasteiger partial charge >= 0.3 is 6.09 Å². The third kappa shape index (κ3) is 5.19. The fraction of sp³-hybridized carbons (Fsp3) is 0.682. The molecule has 2 aliphatic heterocycles. The second-order valence-corrected chi connectivity index (χ2v) is 9.77. The van der Waals surface area contributed by atoms with Gasteiger partial charge in [0.1, 0.15) is 11.6 Å². The number of nitrogens with one attached hydrogen (secondary N) is 1. The monoisotopic (exact) mass is 403 g/mol. The van der Waals surface area contributed by atoms with E-state index in [1.807, 2.05) is 29.4 Å². The summed E-state index contributed by atoms with van der Waals surface area (Å²) < 4.78 is 7.22. The summed E-state index contributed by atoms with van der Waals surface area (Å²) in [6.45, 7) is 11.3. The summed E-state index contributed by atoms with van der Waals surface area (Å²) in [7, 11) is 0. The first kappa shape index (κ1) is 21.4. The number of likely N-dealkylation sites (tertiary alicyclic amines) is 1. The van der Waals surface area contributed by atoms with E-state index in [2.05, 4.69) is 5.32 Å². The Labute approximate surface area is 172 Å². The molecule has 7 heteroatoms. The number of alkyl carbamates (subject to hydrolysis) is 1. The molecule has 2 aliphatic rings.